The molecule has 0 spiro atoms. The van der Waals surface area contributed by atoms with Crippen LogP contribution in [-0.4, -0.2) is 31.1 Å². The highest BCUT2D eigenvalue weighted by Crippen LogP contribution is 2.02. The Morgan fingerprint density at radius 3 is 3.10 bits per heavy atom. The fourth-order valence-electron chi connectivity index (χ4n) is 1.13. The SMILES string of the molecule is BrCCCC1COCCN1. The summed E-state index contributed by atoms with van der Waals surface area (Å²) in [6, 6.07) is 0.603. The number of hydrogen-bond acceptors (Lipinski definition) is 2. The third kappa shape index (κ3) is 2.99. The Kier molecular flexibility index (Phi) is 4.34. The molecule has 10 heavy (non-hydrogen) atoms. The quantitative estimate of drug-likeness (QED) is 0.702. The molecule has 0 amide bonds. The van der Waals surface area contributed by atoms with Crippen LogP contribution in [0, 0.1) is 0 Å². The van der Waals surface area contributed by atoms with Gasteiger partial charge < -0.3 is 10.1 Å². The Hall–Kier alpha value is 0.400. The fourth-order valence-corrected chi connectivity index (χ4v) is 1.45. The van der Waals surface area contributed by atoms with Crippen molar-refractivity contribution in [2.75, 3.05) is 25.1 Å². The predicted molar refractivity (Wildman–Crippen MR) is 45.6 cm³/mol. The molecule has 1 aliphatic heterocycles. The number of morpholine rings is 1. The molecule has 0 aromatic carbocycles. The van der Waals surface area contributed by atoms with Crippen LogP contribution in [0.2, 0.25) is 0 Å². The molecule has 1 aliphatic rings. The minimum atomic E-state index is 0.603. The van der Waals surface area contributed by atoms with Gasteiger partial charge >= 0.3 is 0 Å². The van der Waals surface area contributed by atoms with Crippen molar-refractivity contribution in [1.29, 1.82) is 0 Å². The zero-order valence-corrected chi connectivity index (χ0v) is 7.69. The first-order chi connectivity index (χ1) is 4.93. The summed E-state index contributed by atoms with van der Waals surface area (Å²) < 4.78 is 5.30. The lowest BCUT2D eigenvalue weighted by Gasteiger charge is -2.23. The smallest absolute Gasteiger partial charge is 0.0620 e. The predicted octanol–water partition coefficient (Wildman–Crippen LogP) is 1.15. The first-order valence-corrected chi connectivity index (χ1v) is 4.92. The van der Waals surface area contributed by atoms with Crippen LogP contribution < -0.4 is 5.32 Å². The molecule has 1 N–H and O–H groups in total. The van der Waals surface area contributed by atoms with E-state index in [1.54, 1.807) is 0 Å². The lowest BCUT2D eigenvalue weighted by atomic mass is 10.1. The van der Waals surface area contributed by atoms with Crippen molar-refractivity contribution in [3.8, 4) is 0 Å². The lowest BCUT2D eigenvalue weighted by Crippen LogP contribution is -2.41. The second-order valence-electron chi connectivity index (χ2n) is 2.56. The minimum absolute atomic E-state index is 0.603. The number of rotatable bonds is 3. The number of hydrogen-bond donors (Lipinski definition) is 1. The summed E-state index contributed by atoms with van der Waals surface area (Å²) >= 11 is 3.41. The first-order valence-electron chi connectivity index (χ1n) is 3.80. The van der Waals surface area contributed by atoms with Gasteiger partial charge in [-0.15, -0.1) is 0 Å². The minimum Gasteiger partial charge on any atom is -0.379 e. The molecule has 1 saturated heterocycles. The van der Waals surface area contributed by atoms with Gasteiger partial charge in [-0.1, -0.05) is 15.9 Å². The Morgan fingerprint density at radius 1 is 1.60 bits per heavy atom. The van der Waals surface area contributed by atoms with E-state index in [0.29, 0.717) is 6.04 Å². The molecule has 0 radical (unpaired) electrons. The van der Waals surface area contributed by atoms with Gasteiger partial charge in [0.1, 0.15) is 0 Å². The Morgan fingerprint density at radius 2 is 2.50 bits per heavy atom. The molecule has 0 bridgehead atoms. The van der Waals surface area contributed by atoms with E-state index >= 15 is 0 Å². The van der Waals surface area contributed by atoms with Gasteiger partial charge in [-0.2, -0.15) is 0 Å². The van der Waals surface area contributed by atoms with Gasteiger partial charge in [0.25, 0.3) is 0 Å². The molecule has 1 rings (SSSR count). The number of nitrogens with one attached hydrogen (secondary N) is 1. The Labute approximate surface area is 70.5 Å². The highest BCUT2D eigenvalue weighted by molar-refractivity contribution is 9.09. The van der Waals surface area contributed by atoms with Crippen LogP contribution in [0.4, 0.5) is 0 Å². The second kappa shape index (κ2) is 5.10. The molecule has 3 heteroatoms. The Balaban J connectivity index is 2.02. The lowest BCUT2D eigenvalue weighted by molar-refractivity contribution is 0.0741. The van der Waals surface area contributed by atoms with Crippen molar-refractivity contribution in [3.05, 3.63) is 0 Å². The number of alkyl halides is 1. The molecular formula is C7H14BrNO. The molecule has 2 nitrogen and oxygen atoms in total. The second-order valence-corrected chi connectivity index (χ2v) is 3.35. The zero-order valence-electron chi connectivity index (χ0n) is 6.11. The molecule has 0 aromatic rings. The summed E-state index contributed by atoms with van der Waals surface area (Å²) in [6.45, 7) is 2.80. The molecule has 1 atom stereocenters. The summed E-state index contributed by atoms with van der Waals surface area (Å²) in [7, 11) is 0. The van der Waals surface area contributed by atoms with Crippen LogP contribution in [0.5, 0.6) is 0 Å². The topological polar surface area (TPSA) is 21.3 Å². The molecule has 0 aliphatic carbocycles. The van der Waals surface area contributed by atoms with E-state index in [1.807, 2.05) is 0 Å². The summed E-state index contributed by atoms with van der Waals surface area (Å²) in [5.74, 6) is 0. The summed E-state index contributed by atoms with van der Waals surface area (Å²) in [6.07, 6.45) is 2.46. The molecule has 0 saturated carbocycles. The van der Waals surface area contributed by atoms with E-state index in [4.69, 9.17) is 4.74 Å². The monoisotopic (exact) mass is 207 g/mol. The number of ether oxygens (including phenoxy) is 1. The first kappa shape index (κ1) is 8.50. The van der Waals surface area contributed by atoms with Crippen molar-refractivity contribution in [1.82, 2.24) is 5.32 Å². The standard InChI is InChI=1S/C7H14BrNO/c8-3-1-2-7-6-10-5-4-9-7/h7,9H,1-6H2. The average molecular weight is 208 g/mol. The van der Waals surface area contributed by atoms with E-state index in [1.165, 1.54) is 12.8 Å². The third-order valence-electron chi connectivity index (χ3n) is 1.68. The molecule has 0 aromatic heterocycles. The van der Waals surface area contributed by atoms with Gasteiger partial charge in [0, 0.05) is 17.9 Å². The van der Waals surface area contributed by atoms with Gasteiger partial charge in [0.05, 0.1) is 13.2 Å². The van der Waals surface area contributed by atoms with E-state index in [0.717, 1.165) is 25.1 Å². The van der Waals surface area contributed by atoms with Crippen molar-refractivity contribution in [2.24, 2.45) is 0 Å². The van der Waals surface area contributed by atoms with Crippen LogP contribution >= 0.6 is 15.9 Å². The van der Waals surface area contributed by atoms with Crippen LogP contribution in [-0.2, 0) is 4.74 Å². The largest absolute Gasteiger partial charge is 0.379 e. The Bertz CT molecular complexity index is 83.7. The fraction of sp³-hybridized carbons (Fsp3) is 1.00. The summed E-state index contributed by atoms with van der Waals surface area (Å²) in [4.78, 5) is 0. The molecular weight excluding hydrogens is 194 g/mol. The number of halogens is 1. The molecule has 1 unspecified atom stereocenters. The van der Waals surface area contributed by atoms with Crippen molar-refractivity contribution >= 4 is 15.9 Å². The zero-order chi connectivity index (χ0) is 7.23. The maximum atomic E-state index is 5.30. The van der Waals surface area contributed by atoms with Gasteiger partial charge in [-0.05, 0) is 12.8 Å². The van der Waals surface area contributed by atoms with Crippen LogP contribution in [0.25, 0.3) is 0 Å². The van der Waals surface area contributed by atoms with Gasteiger partial charge in [0.15, 0.2) is 0 Å². The highest BCUT2D eigenvalue weighted by atomic mass is 79.9. The highest BCUT2D eigenvalue weighted by Gasteiger charge is 2.10. The van der Waals surface area contributed by atoms with Crippen LogP contribution in [0.15, 0.2) is 0 Å². The van der Waals surface area contributed by atoms with Gasteiger partial charge in [-0.25, -0.2) is 0 Å². The van der Waals surface area contributed by atoms with E-state index in [2.05, 4.69) is 21.2 Å². The third-order valence-corrected chi connectivity index (χ3v) is 2.25. The van der Waals surface area contributed by atoms with E-state index in [-0.39, 0.29) is 0 Å². The molecule has 1 heterocycles. The van der Waals surface area contributed by atoms with Gasteiger partial charge in [-0.3, -0.25) is 0 Å². The maximum Gasteiger partial charge on any atom is 0.0620 e. The molecule has 60 valence electrons. The van der Waals surface area contributed by atoms with E-state index < -0.39 is 0 Å². The van der Waals surface area contributed by atoms with Crippen LogP contribution in [0.1, 0.15) is 12.8 Å². The van der Waals surface area contributed by atoms with E-state index in [9.17, 15) is 0 Å². The summed E-state index contributed by atoms with van der Waals surface area (Å²) in [5, 5.41) is 4.51. The van der Waals surface area contributed by atoms with Crippen molar-refractivity contribution in [2.45, 2.75) is 18.9 Å². The van der Waals surface area contributed by atoms with Crippen molar-refractivity contribution < 1.29 is 4.74 Å². The molecule has 1 fully saturated rings. The van der Waals surface area contributed by atoms with Gasteiger partial charge in [0.2, 0.25) is 0 Å². The maximum absolute atomic E-state index is 5.30. The normalized spacial score (nSPS) is 26.7. The van der Waals surface area contributed by atoms with Crippen LogP contribution in [0.3, 0.4) is 0 Å². The van der Waals surface area contributed by atoms with Crippen molar-refractivity contribution in [3.63, 3.8) is 0 Å². The summed E-state index contributed by atoms with van der Waals surface area (Å²) in [5.41, 5.74) is 0. The average Bonchev–Trinajstić information content (AvgIpc) is 2.03.